The Kier molecular flexibility index (Phi) is 5.07. The monoisotopic (exact) mass is 364 g/mol. The zero-order chi connectivity index (χ0) is 18.8. The molecular formula is C16H16N2O6S. The Labute approximate surface area is 144 Å². The van der Waals surface area contributed by atoms with Crippen molar-refractivity contribution in [2.45, 2.75) is 11.8 Å². The number of benzene rings is 2. The Bertz CT molecular complexity index is 939. The lowest BCUT2D eigenvalue weighted by Gasteiger charge is -2.23. The molecule has 2 rings (SSSR count). The topological polar surface area (TPSA) is 107 Å². The molecule has 0 radical (unpaired) electrons. The maximum Gasteiger partial charge on any atom is 0.340 e. The van der Waals surface area contributed by atoms with E-state index in [0.29, 0.717) is 5.56 Å². The molecule has 8 nitrogen and oxygen atoms in total. The van der Waals surface area contributed by atoms with Crippen molar-refractivity contribution in [3.63, 3.8) is 0 Å². The van der Waals surface area contributed by atoms with Crippen LogP contribution in [0.3, 0.4) is 0 Å². The summed E-state index contributed by atoms with van der Waals surface area (Å²) in [7, 11) is -1.85. The second kappa shape index (κ2) is 6.89. The van der Waals surface area contributed by atoms with Crippen LogP contribution >= 0.6 is 0 Å². The van der Waals surface area contributed by atoms with E-state index in [4.69, 9.17) is 4.74 Å². The Morgan fingerprint density at radius 2 is 1.80 bits per heavy atom. The van der Waals surface area contributed by atoms with Crippen LogP contribution in [0, 0.1) is 17.0 Å². The largest absolute Gasteiger partial charge is 0.465 e. The molecule has 0 aromatic heterocycles. The summed E-state index contributed by atoms with van der Waals surface area (Å²) in [5.41, 5.74) is 0.120. The molecule has 0 aliphatic carbocycles. The van der Waals surface area contributed by atoms with Gasteiger partial charge in [-0.05, 0) is 24.6 Å². The third-order valence-corrected chi connectivity index (χ3v) is 5.46. The second-order valence-electron chi connectivity index (χ2n) is 5.16. The van der Waals surface area contributed by atoms with Crippen molar-refractivity contribution in [2.75, 3.05) is 18.5 Å². The van der Waals surface area contributed by atoms with Gasteiger partial charge in [0.15, 0.2) is 4.90 Å². The fourth-order valence-electron chi connectivity index (χ4n) is 2.45. The molecule has 0 unspecified atom stereocenters. The number of hydrogen-bond donors (Lipinski definition) is 0. The third-order valence-electron chi connectivity index (χ3n) is 3.66. The van der Waals surface area contributed by atoms with Crippen molar-refractivity contribution in [3.8, 4) is 0 Å². The number of methoxy groups -OCH3 is 1. The van der Waals surface area contributed by atoms with Gasteiger partial charge in [-0.15, -0.1) is 0 Å². The van der Waals surface area contributed by atoms with Crippen molar-refractivity contribution < 1.29 is 22.9 Å². The van der Waals surface area contributed by atoms with Crippen molar-refractivity contribution in [1.29, 1.82) is 0 Å². The molecule has 0 heterocycles. The lowest BCUT2D eigenvalue weighted by molar-refractivity contribution is -0.387. The summed E-state index contributed by atoms with van der Waals surface area (Å²) in [6, 6.07) is 9.70. The fourth-order valence-corrected chi connectivity index (χ4v) is 3.88. The molecule has 0 bridgehead atoms. The highest BCUT2D eigenvalue weighted by molar-refractivity contribution is 7.93. The van der Waals surface area contributed by atoms with Crippen LogP contribution in [0.1, 0.15) is 15.9 Å². The molecule has 0 saturated carbocycles. The van der Waals surface area contributed by atoms with Crippen molar-refractivity contribution in [1.82, 2.24) is 0 Å². The van der Waals surface area contributed by atoms with Gasteiger partial charge < -0.3 is 4.74 Å². The molecule has 0 fully saturated rings. The molecule has 2 aromatic carbocycles. The molecule has 9 heteroatoms. The lowest BCUT2D eigenvalue weighted by atomic mass is 10.1. The molecule has 0 saturated heterocycles. The number of nitro benzene ring substituents is 1. The van der Waals surface area contributed by atoms with E-state index in [1.165, 1.54) is 32.4 Å². The number of aryl methyl sites for hydroxylation is 1. The van der Waals surface area contributed by atoms with Gasteiger partial charge in [0.2, 0.25) is 0 Å². The quantitative estimate of drug-likeness (QED) is 0.458. The third kappa shape index (κ3) is 3.31. The van der Waals surface area contributed by atoms with Crippen LogP contribution in [-0.4, -0.2) is 33.5 Å². The summed E-state index contributed by atoms with van der Waals surface area (Å²) < 4.78 is 31.4. The van der Waals surface area contributed by atoms with Gasteiger partial charge in [-0.2, -0.15) is 0 Å². The lowest BCUT2D eigenvalue weighted by Crippen LogP contribution is -2.29. The van der Waals surface area contributed by atoms with Crippen LogP contribution in [0.25, 0.3) is 0 Å². The van der Waals surface area contributed by atoms with Crippen molar-refractivity contribution >= 4 is 27.4 Å². The molecule has 0 aliphatic heterocycles. The number of carbonyl (C=O) groups is 1. The van der Waals surface area contributed by atoms with Crippen LogP contribution in [0.4, 0.5) is 11.4 Å². The van der Waals surface area contributed by atoms with Gasteiger partial charge in [-0.3, -0.25) is 14.4 Å². The Morgan fingerprint density at radius 3 is 2.40 bits per heavy atom. The van der Waals surface area contributed by atoms with E-state index in [1.54, 1.807) is 19.1 Å². The standard InChI is InChI=1S/C16H16N2O6S/c1-11-7-6-8-12(16(19)24-3)15(11)17(2)25(22,23)14-10-5-4-9-13(14)18(20)21/h4-10H,1-3H3. The Morgan fingerprint density at radius 1 is 1.16 bits per heavy atom. The average Bonchev–Trinajstić information content (AvgIpc) is 2.60. The maximum absolute atomic E-state index is 12.9. The molecule has 132 valence electrons. The van der Waals surface area contributed by atoms with E-state index in [-0.39, 0.29) is 11.3 Å². The van der Waals surface area contributed by atoms with Crippen molar-refractivity contribution in [2.24, 2.45) is 0 Å². The highest BCUT2D eigenvalue weighted by Gasteiger charge is 2.32. The zero-order valence-corrected chi connectivity index (χ0v) is 14.6. The number of nitrogens with zero attached hydrogens (tertiary/aromatic N) is 2. The minimum absolute atomic E-state index is 0.0483. The van der Waals surface area contributed by atoms with Crippen LogP contribution in [-0.2, 0) is 14.8 Å². The molecular weight excluding hydrogens is 348 g/mol. The first-order valence-electron chi connectivity index (χ1n) is 7.12. The number of sulfonamides is 1. The first-order valence-corrected chi connectivity index (χ1v) is 8.56. The molecule has 0 N–H and O–H groups in total. The van der Waals surface area contributed by atoms with Gasteiger partial charge in [-0.1, -0.05) is 24.3 Å². The summed E-state index contributed by atoms with van der Waals surface area (Å²) in [6.07, 6.45) is 0. The summed E-state index contributed by atoms with van der Waals surface area (Å²) in [4.78, 5) is 21.9. The van der Waals surface area contributed by atoms with Crippen LogP contribution in [0.2, 0.25) is 0 Å². The van der Waals surface area contributed by atoms with Crippen molar-refractivity contribution in [3.05, 3.63) is 63.7 Å². The van der Waals surface area contributed by atoms with Gasteiger partial charge in [0.1, 0.15) is 0 Å². The van der Waals surface area contributed by atoms with Crippen LogP contribution in [0.5, 0.6) is 0 Å². The smallest absolute Gasteiger partial charge is 0.340 e. The van der Waals surface area contributed by atoms with E-state index >= 15 is 0 Å². The molecule has 0 atom stereocenters. The number of anilines is 1. The van der Waals surface area contributed by atoms with E-state index < -0.39 is 31.5 Å². The molecule has 0 amide bonds. The van der Waals surface area contributed by atoms with E-state index in [2.05, 4.69) is 0 Å². The summed E-state index contributed by atoms with van der Waals surface area (Å²) in [5.74, 6) is -0.705. The minimum atomic E-state index is -4.27. The molecule has 25 heavy (non-hydrogen) atoms. The first-order chi connectivity index (χ1) is 11.7. The second-order valence-corrected chi connectivity index (χ2v) is 7.10. The number of rotatable bonds is 5. The fraction of sp³-hybridized carbons (Fsp3) is 0.188. The number of carbonyl (C=O) groups excluding carboxylic acids is 1. The SMILES string of the molecule is COC(=O)c1cccc(C)c1N(C)S(=O)(=O)c1ccccc1[N+](=O)[O-]. The number of hydrogen-bond acceptors (Lipinski definition) is 6. The number of esters is 1. The zero-order valence-electron chi connectivity index (χ0n) is 13.8. The Hall–Kier alpha value is -2.94. The molecule has 0 aliphatic rings. The normalized spacial score (nSPS) is 11.0. The van der Waals surface area contributed by atoms with E-state index in [0.717, 1.165) is 16.4 Å². The molecule has 0 spiro atoms. The van der Waals surface area contributed by atoms with Gasteiger partial charge >= 0.3 is 5.97 Å². The van der Waals surface area contributed by atoms with Crippen LogP contribution in [0.15, 0.2) is 47.4 Å². The average molecular weight is 364 g/mol. The summed E-state index contributed by atoms with van der Waals surface area (Å²) in [5, 5.41) is 11.2. The van der Waals surface area contributed by atoms with Gasteiger partial charge in [0.25, 0.3) is 15.7 Å². The highest BCUT2D eigenvalue weighted by Crippen LogP contribution is 2.32. The summed E-state index contributed by atoms with van der Waals surface area (Å²) >= 11 is 0. The minimum Gasteiger partial charge on any atom is -0.465 e. The predicted octanol–water partition coefficient (Wildman–Crippen LogP) is 2.51. The maximum atomic E-state index is 12.9. The predicted molar refractivity (Wildman–Crippen MR) is 91.2 cm³/mol. The van der Waals surface area contributed by atoms with Gasteiger partial charge in [0.05, 0.1) is 23.3 Å². The Balaban J connectivity index is 2.68. The van der Waals surface area contributed by atoms with Crippen LogP contribution < -0.4 is 4.31 Å². The van der Waals surface area contributed by atoms with E-state index in [9.17, 15) is 23.3 Å². The molecule has 2 aromatic rings. The van der Waals surface area contributed by atoms with E-state index in [1.807, 2.05) is 0 Å². The number of para-hydroxylation sites is 2. The number of ether oxygens (including phenoxy) is 1. The first kappa shape index (κ1) is 18.4. The number of nitro groups is 1. The summed E-state index contributed by atoms with van der Waals surface area (Å²) in [6.45, 7) is 1.63. The van der Waals surface area contributed by atoms with Gasteiger partial charge in [-0.25, -0.2) is 13.2 Å². The van der Waals surface area contributed by atoms with Gasteiger partial charge in [0, 0.05) is 13.1 Å². The highest BCUT2D eigenvalue weighted by atomic mass is 32.2.